The van der Waals surface area contributed by atoms with Crippen LogP contribution in [0.15, 0.2) is 0 Å². The Morgan fingerprint density at radius 2 is 0.971 bits per heavy atom. The van der Waals surface area contributed by atoms with Crippen LogP contribution in [0.4, 0.5) is 9.59 Å². The predicted molar refractivity (Wildman–Crippen MR) is 141 cm³/mol. The van der Waals surface area contributed by atoms with Crippen LogP contribution in [0.1, 0.15) is 137 Å². The quantitative estimate of drug-likeness (QED) is 0.131. The van der Waals surface area contributed by atoms with Crippen molar-refractivity contribution in [3.63, 3.8) is 0 Å². The standard InChI is InChI=1S/C29H54O6/c1-24(2)17-12-8-6-5-7-10-14-21-32-28(30)34-26-19-16-20-27(23-26)35-29(31)33-22-15-11-9-13-18-25(3)4/h24-27H,5-23H2,1-4H3. The molecule has 0 bridgehead atoms. The van der Waals surface area contributed by atoms with Gasteiger partial charge in [0.1, 0.15) is 12.2 Å². The van der Waals surface area contributed by atoms with E-state index in [0.717, 1.165) is 56.8 Å². The molecule has 2 atom stereocenters. The van der Waals surface area contributed by atoms with Gasteiger partial charge >= 0.3 is 12.3 Å². The smallest absolute Gasteiger partial charge is 0.434 e. The van der Waals surface area contributed by atoms with Gasteiger partial charge in [-0.1, -0.05) is 98.3 Å². The second-order valence-corrected chi connectivity index (χ2v) is 11.1. The van der Waals surface area contributed by atoms with Crippen molar-refractivity contribution in [2.45, 2.75) is 149 Å². The van der Waals surface area contributed by atoms with Gasteiger partial charge in [-0.3, -0.25) is 0 Å². The lowest BCUT2D eigenvalue weighted by atomic mass is 9.95. The number of carbonyl (C=O) groups excluding carboxylic acids is 2. The van der Waals surface area contributed by atoms with Gasteiger partial charge in [0.2, 0.25) is 0 Å². The molecule has 0 spiro atoms. The molecule has 1 rings (SSSR count). The topological polar surface area (TPSA) is 71.1 Å². The van der Waals surface area contributed by atoms with Crippen molar-refractivity contribution in [2.75, 3.05) is 13.2 Å². The maximum atomic E-state index is 12.0. The van der Waals surface area contributed by atoms with Gasteiger partial charge in [0.15, 0.2) is 0 Å². The molecule has 0 radical (unpaired) electrons. The number of carbonyl (C=O) groups is 2. The SMILES string of the molecule is CC(C)CCCCCCCCCOC(=O)OC1CCCC(OC(=O)OCCCCCCC(C)C)C1. The molecule has 1 aliphatic rings. The number of ether oxygens (including phenoxy) is 4. The van der Waals surface area contributed by atoms with Crippen LogP contribution in [0.5, 0.6) is 0 Å². The van der Waals surface area contributed by atoms with Crippen LogP contribution in [0.3, 0.4) is 0 Å². The van der Waals surface area contributed by atoms with E-state index in [-0.39, 0.29) is 12.2 Å². The Balaban J connectivity index is 2.01. The lowest BCUT2D eigenvalue weighted by Gasteiger charge is -2.28. The summed E-state index contributed by atoms with van der Waals surface area (Å²) in [6.45, 7) is 9.84. The Bertz CT molecular complexity index is 533. The van der Waals surface area contributed by atoms with E-state index in [1.54, 1.807) is 0 Å². The van der Waals surface area contributed by atoms with Gasteiger partial charge in [-0.25, -0.2) is 9.59 Å². The van der Waals surface area contributed by atoms with Gasteiger partial charge in [0, 0.05) is 6.42 Å². The number of hydrogen-bond donors (Lipinski definition) is 0. The Hall–Kier alpha value is -1.46. The van der Waals surface area contributed by atoms with Crippen LogP contribution in [0.2, 0.25) is 0 Å². The average molecular weight is 499 g/mol. The highest BCUT2D eigenvalue weighted by Gasteiger charge is 2.28. The molecule has 1 aliphatic carbocycles. The first-order chi connectivity index (χ1) is 16.9. The molecule has 0 aromatic carbocycles. The van der Waals surface area contributed by atoms with E-state index in [0.29, 0.717) is 19.6 Å². The minimum absolute atomic E-state index is 0.263. The lowest BCUT2D eigenvalue weighted by molar-refractivity contribution is -0.0350. The van der Waals surface area contributed by atoms with Gasteiger partial charge < -0.3 is 18.9 Å². The maximum absolute atomic E-state index is 12.0. The van der Waals surface area contributed by atoms with Gasteiger partial charge in [-0.05, 0) is 43.9 Å². The van der Waals surface area contributed by atoms with Crippen molar-refractivity contribution in [1.29, 1.82) is 0 Å². The van der Waals surface area contributed by atoms with Gasteiger partial charge in [0.25, 0.3) is 0 Å². The highest BCUT2D eigenvalue weighted by Crippen LogP contribution is 2.24. The highest BCUT2D eigenvalue weighted by atomic mass is 16.7. The van der Waals surface area contributed by atoms with Gasteiger partial charge in [0.05, 0.1) is 13.2 Å². The molecule has 1 fully saturated rings. The Kier molecular flexibility index (Phi) is 18.7. The molecule has 2 unspecified atom stereocenters. The Morgan fingerprint density at radius 3 is 1.37 bits per heavy atom. The number of rotatable bonds is 19. The van der Waals surface area contributed by atoms with Crippen LogP contribution in [0, 0.1) is 11.8 Å². The fourth-order valence-electron chi connectivity index (χ4n) is 4.51. The van der Waals surface area contributed by atoms with Gasteiger partial charge in [-0.15, -0.1) is 0 Å². The Labute approximate surface area is 215 Å². The van der Waals surface area contributed by atoms with Gasteiger partial charge in [-0.2, -0.15) is 0 Å². The van der Waals surface area contributed by atoms with E-state index >= 15 is 0 Å². The molecule has 6 nitrogen and oxygen atoms in total. The van der Waals surface area contributed by atoms with E-state index in [1.807, 2.05) is 0 Å². The van der Waals surface area contributed by atoms with Crippen molar-refractivity contribution < 1.29 is 28.5 Å². The van der Waals surface area contributed by atoms with Crippen molar-refractivity contribution >= 4 is 12.3 Å². The largest absolute Gasteiger partial charge is 0.508 e. The molecule has 0 heterocycles. The molecule has 0 amide bonds. The fourth-order valence-corrected chi connectivity index (χ4v) is 4.51. The van der Waals surface area contributed by atoms with Crippen molar-refractivity contribution in [3.8, 4) is 0 Å². The zero-order chi connectivity index (χ0) is 25.7. The summed E-state index contributed by atoms with van der Waals surface area (Å²) in [5.41, 5.74) is 0. The van der Waals surface area contributed by atoms with Crippen LogP contribution in [-0.2, 0) is 18.9 Å². The summed E-state index contributed by atoms with van der Waals surface area (Å²) in [4.78, 5) is 24.0. The molecular formula is C29H54O6. The summed E-state index contributed by atoms with van der Waals surface area (Å²) >= 11 is 0. The minimum Gasteiger partial charge on any atom is -0.434 e. The van der Waals surface area contributed by atoms with E-state index in [4.69, 9.17) is 18.9 Å². The molecule has 35 heavy (non-hydrogen) atoms. The molecule has 0 aromatic heterocycles. The number of hydrogen-bond acceptors (Lipinski definition) is 6. The summed E-state index contributed by atoms with van der Waals surface area (Å²) < 4.78 is 21.4. The normalized spacial score (nSPS) is 18.0. The first-order valence-electron chi connectivity index (χ1n) is 14.5. The van der Waals surface area contributed by atoms with Crippen LogP contribution in [-0.4, -0.2) is 37.7 Å². The first-order valence-corrected chi connectivity index (χ1v) is 14.5. The lowest BCUT2D eigenvalue weighted by Crippen LogP contribution is -2.32. The van der Waals surface area contributed by atoms with Crippen molar-refractivity contribution in [3.05, 3.63) is 0 Å². The average Bonchev–Trinajstić information content (AvgIpc) is 2.79. The molecular weight excluding hydrogens is 444 g/mol. The maximum Gasteiger partial charge on any atom is 0.508 e. The predicted octanol–water partition coefficient (Wildman–Crippen LogP) is 8.99. The second kappa shape index (κ2) is 20.7. The molecule has 1 saturated carbocycles. The fraction of sp³-hybridized carbons (Fsp3) is 0.931. The van der Waals surface area contributed by atoms with Crippen LogP contribution < -0.4 is 0 Å². The summed E-state index contributed by atoms with van der Waals surface area (Å²) in [5.74, 6) is 1.55. The Morgan fingerprint density at radius 1 is 0.600 bits per heavy atom. The minimum atomic E-state index is -0.611. The summed E-state index contributed by atoms with van der Waals surface area (Å²) in [7, 11) is 0. The third-order valence-corrected chi connectivity index (χ3v) is 6.65. The summed E-state index contributed by atoms with van der Waals surface area (Å²) in [6.07, 6.45) is 16.4. The third-order valence-electron chi connectivity index (χ3n) is 6.65. The van der Waals surface area contributed by atoms with E-state index < -0.39 is 12.3 Å². The van der Waals surface area contributed by atoms with E-state index in [2.05, 4.69) is 27.7 Å². The molecule has 206 valence electrons. The third kappa shape index (κ3) is 19.4. The first kappa shape index (κ1) is 31.6. The molecule has 0 aromatic rings. The van der Waals surface area contributed by atoms with Crippen molar-refractivity contribution in [2.24, 2.45) is 11.8 Å². The molecule has 0 aliphatic heterocycles. The molecule has 0 N–H and O–H groups in total. The van der Waals surface area contributed by atoms with Crippen LogP contribution >= 0.6 is 0 Å². The van der Waals surface area contributed by atoms with E-state index in [1.165, 1.54) is 57.8 Å². The van der Waals surface area contributed by atoms with Crippen molar-refractivity contribution in [1.82, 2.24) is 0 Å². The monoisotopic (exact) mass is 498 g/mol. The zero-order valence-corrected chi connectivity index (χ0v) is 23.2. The number of unbranched alkanes of at least 4 members (excludes halogenated alkanes) is 9. The molecule has 6 heteroatoms. The highest BCUT2D eigenvalue weighted by molar-refractivity contribution is 5.60. The second-order valence-electron chi connectivity index (χ2n) is 11.1. The summed E-state index contributed by atoms with van der Waals surface area (Å²) in [6, 6.07) is 0. The summed E-state index contributed by atoms with van der Waals surface area (Å²) in [5, 5.41) is 0. The van der Waals surface area contributed by atoms with E-state index in [9.17, 15) is 9.59 Å². The zero-order valence-electron chi connectivity index (χ0n) is 23.2. The molecule has 0 saturated heterocycles. The van der Waals surface area contributed by atoms with Crippen LogP contribution in [0.25, 0.3) is 0 Å².